The summed E-state index contributed by atoms with van der Waals surface area (Å²) in [7, 11) is -3.94. The van der Waals surface area contributed by atoms with Crippen LogP contribution in [-0.4, -0.2) is 31.3 Å². The zero-order chi connectivity index (χ0) is 10.3. The molecule has 0 aliphatic heterocycles. The maximum absolute atomic E-state index is 10.6. The molecule has 0 atom stereocenters. The van der Waals surface area contributed by atoms with Crippen LogP contribution in [0.4, 0.5) is 0 Å². The van der Waals surface area contributed by atoms with Gasteiger partial charge in [0, 0.05) is 6.08 Å². The van der Waals surface area contributed by atoms with Gasteiger partial charge in [-0.3, -0.25) is 4.55 Å². The van der Waals surface area contributed by atoms with Crippen molar-refractivity contribution in [2.45, 2.75) is 13.3 Å². The molecule has 0 bridgehead atoms. The van der Waals surface area contributed by atoms with Crippen LogP contribution in [0.5, 0.6) is 0 Å². The Labute approximate surface area is 77.1 Å². The molecule has 13 heavy (non-hydrogen) atoms. The summed E-state index contributed by atoms with van der Waals surface area (Å²) < 4.78 is 33.3. The van der Waals surface area contributed by atoms with E-state index in [9.17, 15) is 13.2 Å². The quantitative estimate of drug-likeness (QED) is 0.306. The molecule has 0 rings (SSSR count). The summed E-state index contributed by atoms with van der Waals surface area (Å²) in [4.78, 5) is 10.6. The van der Waals surface area contributed by atoms with Crippen LogP contribution in [0.1, 0.15) is 13.3 Å². The van der Waals surface area contributed by atoms with Gasteiger partial charge in [-0.1, -0.05) is 6.08 Å². The Kier molecular flexibility index (Phi) is 5.33. The molecule has 6 heteroatoms. The number of allylic oxidation sites excluding steroid dienone is 1. The lowest BCUT2D eigenvalue weighted by Crippen LogP contribution is -2.09. The molecular formula is C7H12O5S. The summed E-state index contributed by atoms with van der Waals surface area (Å²) in [5.41, 5.74) is 0. The molecule has 1 N–H and O–H groups in total. The number of carbonyl (C=O) groups is 1. The number of ether oxygens (including phenoxy) is 1. The molecule has 76 valence electrons. The first-order valence-electron chi connectivity index (χ1n) is 3.70. The van der Waals surface area contributed by atoms with Gasteiger partial charge < -0.3 is 4.74 Å². The van der Waals surface area contributed by atoms with E-state index in [2.05, 4.69) is 4.74 Å². The Morgan fingerprint density at radius 1 is 1.54 bits per heavy atom. The van der Waals surface area contributed by atoms with E-state index in [1.165, 1.54) is 12.2 Å². The summed E-state index contributed by atoms with van der Waals surface area (Å²) in [5.74, 6) is -0.909. The van der Waals surface area contributed by atoms with Crippen molar-refractivity contribution in [3.05, 3.63) is 12.2 Å². The van der Waals surface area contributed by atoms with E-state index < -0.39 is 21.8 Å². The summed E-state index contributed by atoms with van der Waals surface area (Å²) in [6.45, 7) is 1.66. The van der Waals surface area contributed by atoms with E-state index in [1.807, 2.05) is 0 Å². The summed E-state index contributed by atoms with van der Waals surface area (Å²) >= 11 is 0. The van der Waals surface area contributed by atoms with Gasteiger partial charge in [-0.2, -0.15) is 8.42 Å². The molecule has 5 nitrogen and oxygen atoms in total. The van der Waals surface area contributed by atoms with E-state index in [4.69, 9.17) is 4.55 Å². The third-order valence-corrected chi connectivity index (χ3v) is 1.90. The topological polar surface area (TPSA) is 80.7 Å². The third-order valence-electron chi connectivity index (χ3n) is 1.09. The van der Waals surface area contributed by atoms with Crippen LogP contribution in [0.3, 0.4) is 0 Å². The van der Waals surface area contributed by atoms with Crippen molar-refractivity contribution >= 4 is 16.1 Å². The Morgan fingerprint density at radius 2 is 2.15 bits per heavy atom. The molecule has 0 amide bonds. The molecule has 0 saturated carbocycles. The minimum absolute atomic E-state index is 0.0109. The first kappa shape index (κ1) is 12.1. The van der Waals surface area contributed by atoms with Crippen molar-refractivity contribution in [2.24, 2.45) is 0 Å². The van der Waals surface area contributed by atoms with Crippen molar-refractivity contribution in [2.75, 3.05) is 12.4 Å². The van der Waals surface area contributed by atoms with E-state index in [-0.39, 0.29) is 13.0 Å². The average Bonchev–Trinajstić information content (AvgIpc) is 1.97. The Hall–Kier alpha value is -0.880. The monoisotopic (exact) mass is 208 g/mol. The third kappa shape index (κ3) is 9.03. The zero-order valence-corrected chi connectivity index (χ0v) is 8.08. The fraction of sp³-hybridized carbons (Fsp3) is 0.571. The van der Waals surface area contributed by atoms with Gasteiger partial charge in [-0.05, 0) is 13.3 Å². The van der Waals surface area contributed by atoms with Crippen molar-refractivity contribution in [1.82, 2.24) is 0 Å². The zero-order valence-electron chi connectivity index (χ0n) is 7.26. The number of hydrogen-bond donors (Lipinski definition) is 1. The molecule has 0 aliphatic rings. The molecular weight excluding hydrogens is 196 g/mol. The van der Waals surface area contributed by atoms with Crippen LogP contribution in [0, 0.1) is 0 Å². The molecule has 0 saturated heterocycles. The Morgan fingerprint density at radius 3 is 2.62 bits per heavy atom. The SMILES string of the molecule is CC=CC(=O)OCCCS(=O)(=O)O. The van der Waals surface area contributed by atoms with E-state index in [1.54, 1.807) is 6.92 Å². The molecule has 0 fully saturated rings. The van der Waals surface area contributed by atoms with Crippen molar-refractivity contribution in [3.8, 4) is 0 Å². The lowest BCUT2D eigenvalue weighted by Gasteiger charge is -1.99. The minimum Gasteiger partial charge on any atom is -0.463 e. The molecule has 0 unspecified atom stereocenters. The minimum atomic E-state index is -3.94. The molecule has 0 aromatic rings. The Bertz CT molecular complexity index is 277. The highest BCUT2D eigenvalue weighted by Crippen LogP contribution is 1.90. The van der Waals surface area contributed by atoms with Gasteiger partial charge in [0.15, 0.2) is 0 Å². The lowest BCUT2D eigenvalue weighted by atomic mass is 10.5. The highest BCUT2D eigenvalue weighted by Gasteiger charge is 2.04. The number of esters is 1. The summed E-state index contributed by atoms with van der Waals surface area (Å²) in [6, 6.07) is 0. The number of carbonyl (C=O) groups excluding carboxylic acids is 1. The maximum atomic E-state index is 10.6. The average molecular weight is 208 g/mol. The second kappa shape index (κ2) is 5.71. The fourth-order valence-corrected chi connectivity index (χ4v) is 1.08. The molecule has 0 radical (unpaired) electrons. The van der Waals surface area contributed by atoms with Crippen LogP contribution >= 0.6 is 0 Å². The van der Waals surface area contributed by atoms with Crippen LogP contribution in [-0.2, 0) is 19.6 Å². The van der Waals surface area contributed by atoms with E-state index >= 15 is 0 Å². The van der Waals surface area contributed by atoms with Crippen molar-refractivity contribution in [3.63, 3.8) is 0 Å². The summed E-state index contributed by atoms with van der Waals surface area (Å²) in [6.07, 6.45) is 2.85. The lowest BCUT2D eigenvalue weighted by molar-refractivity contribution is -0.137. The largest absolute Gasteiger partial charge is 0.463 e. The van der Waals surface area contributed by atoms with Gasteiger partial charge in [-0.15, -0.1) is 0 Å². The van der Waals surface area contributed by atoms with E-state index in [0.29, 0.717) is 0 Å². The van der Waals surface area contributed by atoms with Crippen molar-refractivity contribution < 1.29 is 22.5 Å². The highest BCUT2D eigenvalue weighted by molar-refractivity contribution is 7.85. The van der Waals surface area contributed by atoms with Crippen LogP contribution in [0.15, 0.2) is 12.2 Å². The number of rotatable bonds is 5. The van der Waals surface area contributed by atoms with Gasteiger partial charge in [-0.25, -0.2) is 4.79 Å². The van der Waals surface area contributed by atoms with E-state index in [0.717, 1.165) is 0 Å². The van der Waals surface area contributed by atoms with Gasteiger partial charge in [0.1, 0.15) is 0 Å². The van der Waals surface area contributed by atoms with Gasteiger partial charge in [0.2, 0.25) is 0 Å². The molecule has 0 spiro atoms. The predicted molar refractivity (Wildman–Crippen MR) is 46.8 cm³/mol. The normalized spacial score (nSPS) is 11.8. The number of hydrogen-bond acceptors (Lipinski definition) is 4. The second-order valence-electron chi connectivity index (χ2n) is 2.31. The Balaban J connectivity index is 3.53. The first-order valence-corrected chi connectivity index (χ1v) is 5.31. The van der Waals surface area contributed by atoms with Gasteiger partial charge in [0.05, 0.1) is 12.4 Å². The first-order chi connectivity index (χ1) is 5.95. The predicted octanol–water partition coefficient (Wildman–Crippen LogP) is 0.384. The second-order valence-corrected chi connectivity index (χ2v) is 3.88. The van der Waals surface area contributed by atoms with Crippen LogP contribution in [0.25, 0.3) is 0 Å². The standard InChI is InChI=1S/C7H12O5S/c1-2-4-7(8)12-5-3-6-13(9,10)11/h2,4H,3,5-6H2,1H3,(H,9,10,11). The van der Waals surface area contributed by atoms with Crippen LogP contribution < -0.4 is 0 Å². The van der Waals surface area contributed by atoms with Crippen LogP contribution in [0.2, 0.25) is 0 Å². The molecule has 0 heterocycles. The highest BCUT2D eigenvalue weighted by atomic mass is 32.2. The van der Waals surface area contributed by atoms with Gasteiger partial charge in [0.25, 0.3) is 10.1 Å². The smallest absolute Gasteiger partial charge is 0.330 e. The molecule has 0 aromatic heterocycles. The molecule has 0 aromatic carbocycles. The summed E-state index contributed by atoms with van der Waals surface area (Å²) in [5, 5.41) is 0. The van der Waals surface area contributed by atoms with Gasteiger partial charge >= 0.3 is 5.97 Å². The maximum Gasteiger partial charge on any atom is 0.330 e. The fourth-order valence-electron chi connectivity index (χ4n) is 0.598. The van der Waals surface area contributed by atoms with Crippen molar-refractivity contribution in [1.29, 1.82) is 0 Å². The molecule has 0 aliphatic carbocycles.